The van der Waals surface area contributed by atoms with Gasteiger partial charge in [0, 0.05) is 16.1 Å². The first kappa shape index (κ1) is 34.2. The van der Waals surface area contributed by atoms with Crippen LogP contribution < -0.4 is 20.7 Å². The number of carbonyl (C=O) groups excluding carboxylic acids is 4. The second-order valence-corrected chi connectivity index (χ2v) is 11.6. The highest BCUT2D eigenvalue weighted by Gasteiger charge is 2.16. The number of anilines is 2. The van der Waals surface area contributed by atoms with Gasteiger partial charge in [0.05, 0.1) is 24.1 Å². The SMILES string of the molecule is COC(=O)c1ccccc1NC(=O)CSc1ccc(NC(=O)/C(=C/c2ccc(OCc3ccccc3)cc2)NC(=O)c2ccccc2)cc1. The van der Waals surface area contributed by atoms with Crippen LogP contribution >= 0.6 is 11.8 Å². The third-order valence-electron chi connectivity index (χ3n) is 7.06. The van der Waals surface area contributed by atoms with Crippen LogP contribution in [-0.4, -0.2) is 36.6 Å². The molecule has 246 valence electrons. The Balaban J connectivity index is 1.22. The quantitative estimate of drug-likeness (QED) is 0.0688. The van der Waals surface area contributed by atoms with Gasteiger partial charge in [-0.3, -0.25) is 14.4 Å². The molecule has 5 aromatic carbocycles. The van der Waals surface area contributed by atoms with Crippen molar-refractivity contribution < 1.29 is 28.7 Å². The number of hydrogen-bond donors (Lipinski definition) is 3. The molecule has 0 heterocycles. The largest absolute Gasteiger partial charge is 0.489 e. The first-order chi connectivity index (χ1) is 23.9. The Morgan fingerprint density at radius 1 is 0.714 bits per heavy atom. The van der Waals surface area contributed by atoms with E-state index in [9.17, 15) is 19.2 Å². The molecular weight excluding hydrogens is 639 g/mol. The van der Waals surface area contributed by atoms with Gasteiger partial charge in [-0.25, -0.2) is 4.79 Å². The van der Waals surface area contributed by atoms with Crippen LogP contribution in [-0.2, 0) is 20.9 Å². The molecule has 0 saturated carbocycles. The van der Waals surface area contributed by atoms with Crippen molar-refractivity contribution in [1.82, 2.24) is 5.32 Å². The van der Waals surface area contributed by atoms with Crippen molar-refractivity contribution in [2.24, 2.45) is 0 Å². The van der Waals surface area contributed by atoms with Crippen LogP contribution in [0.4, 0.5) is 11.4 Å². The van der Waals surface area contributed by atoms with Gasteiger partial charge < -0.3 is 25.4 Å². The van der Waals surface area contributed by atoms with E-state index in [-0.39, 0.29) is 22.9 Å². The van der Waals surface area contributed by atoms with Crippen LogP contribution in [0.15, 0.2) is 144 Å². The summed E-state index contributed by atoms with van der Waals surface area (Å²) >= 11 is 1.29. The van der Waals surface area contributed by atoms with Gasteiger partial charge in [0.25, 0.3) is 11.8 Å². The van der Waals surface area contributed by atoms with E-state index in [1.165, 1.54) is 18.9 Å². The van der Waals surface area contributed by atoms with Crippen LogP contribution in [0, 0.1) is 0 Å². The number of thioether (sulfide) groups is 1. The number of carbonyl (C=O) groups is 4. The average molecular weight is 672 g/mol. The first-order valence-electron chi connectivity index (χ1n) is 15.2. The molecule has 0 saturated heterocycles. The highest BCUT2D eigenvalue weighted by Crippen LogP contribution is 2.23. The predicted molar refractivity (Wildman–Crippen MR) is 191 cm³/mol. The number of rotatable bonds is 13. The van der Waals surface area contributed by atoms with Gasteiger partial charge >= 0.3 is 5.97 Å². The Morgan fingerprint density at radius 3 is 2.06 bits per heavy atom. The third-order valence-corrected chi connectivity index (χ3v) is 8.07. The maximum absolute atomic E-state index is 13.5. The lowest BCUT2D eigenvalue weighted by Crippen LogP contribution is -2.30. The number of ether oxygens (including phenoxy) is 2. The lowest BCUT2D eigenvalue weighted by molar-refractivity contribution is -0.114. The molecule has 49 heavy (non-hydrogen) atoms. The molecule has 5 rings (SSSR count). The molecule has 0 aliphatic rings. The number of hydrogen-bond acceptors (Lipinski definition) is 7. The van der Waals surface area contributed by atoms with Crippen LogP contribution in [0.2, 0.25) is 0 Å². The summed E-state index contributed by atoms with van der Waals surface area (Å²) in [6.07, 6.45) is 1.60. The molecule has 0 aliphatic heterocycles. The third kappa shape index (κ3) is 10.2. The Hall–Kier alpha value is -6.13. The number of esters is 1. The fourth-order valence-electron chi connectivity index (χ4n) is 4.56. The van der Waals surface area contributed by atoms with E-state index < -0.39 is 17.8 Å². The van der Waals surface area contributed by atoms with Gasteiger partial charge in [-0.1, -0.05) is 72.8 Å². The smallest absolute Gasteiger partial charge is 0.339 e. The molecule has 0 radical (unpaired) electrons. The maximum atomic E-state index is 13.5. The summed E-state index contributed by atoms with van der Waals surface area (Å²) < 4.78 is 10.7. The van der Waals surface area contributed by atoms with Gasteiger partial charge in [-0.05, 0) is 77.9 Å². The van der Waals surface area contributed by atoms with Crippen molar-refractivity contribution in [3.8, 4) is 5.75 Å². The standard InChI is InChI=1S/C39H33N3O6S/c1-47-39(46)33-14-8-9-15-34(33)41-36(43)26-49-32-22-18-30(19-23-32)40-38(45)35(42-37(44)29-12-6-3-7-13-29)24-27-16-20-31(21-17-27)48-25-28-10-4-2-5-11-28/h2-24H,25-26H2,1H3,(H,40,45)(H,41,43)(H,42,44)/b35-24-. The van der Waals surface area contributed by atoms with Crippen molar-refractivity contribution in [3.05, 3.63) is 161 Å². The summed E-state index contributed by atoms with van der Waals surface area (Å²) in [5.74, 6) is -1.02. The number of amides is 3. The molecule has 3 N–H and O–H groups in total. The molecule has 0 spiro atoms. The topological polar surface area (TPSA) is 123 Å². The minimum Gasteiger partial charge on any atom is -0.489 e. The Bertz CT molecular complexity index is 1930. The molecule has 0 bridgehead atoms. The molecule has 0 unspecified atom stereocenters. The zero-order valence-corrected chi connectivity index (χ0v) is 27.4. The van der Waals surface area contributed by atoms with Crippen molar-refractivity contribution in [2.75, 3.05) is 23.5 Å². The number of methoxy groups -OCH3 is 1. The van der Waals surface area contributed by atoms with E-state index >= 15 is 0 Å². The van der Waals surface area contributed by atoms with Crippen molar-refractivity contribution in [3.63, 3.8) is 0 Å². The minimum atomic E-state index is -0.541. The van der Waals surface area contributed by atoms with Crippen LogP contribution in [0.3, 0.4) is 0 Å². The fraction of sp³-hybridized carbons (Fsp3) is 0.0769. The monoisotopic (exact) mass is 671 g/mol. The predicted octanol–water partition coefficient (Wildman–Crippen LogP) is 7.19. The van der Waals surface area contributed by atoms with Gasteiger partial charge in [0.2, 0.25) is 5.91 Å². The Labute approximate surface area is 288 Å². The van der Waals surface area contributed by atoms with E-state index in [0.717, 1.165) is 10.5 Å². The maximum Gasteiger partial charge on any atom is 0.339 e. The molecule has 5 aromatic rings. The summed E-state index contributed by atoms with van der Waals surface area (Å²) in [4.78, 5) is 51.9. The average Bonchev–Trinajstić information content (AvgIpc) is 3.14. The van der Waals surface area contributed by atoms with E-state index in [1.807, 2.05) is 30.3 Å². The summed E-state index contributed by atoms with van der Waals surface area (Å²) in [7, 11) is 1.28. The Morgan fingerprint density at radius 2 is 1.37 bits per heavy atom. The zero-order valence-electron chi connectivity index (χ0n) is 26.6. The van der Waals surface area contributed by atoms with Gasteiger partial charge in [-0.2, -0.15) is 0 Å². The van der Waals surface area contributed by atoms with Crippen LogP contribution in [0.1, 0.15) is 31.8 Å². The van der Waals surface area contributed by atoms with Crippen LogP contribution in [0.25, 0.3) is 6.08 Å². The molecule has 0 aliphatic carbocycles. The van der Waals surface area contributed by atoms with E-state index in [4.69, 9.17) is 9.47 Å². The second kappa shape index (κ2) is 17.1. The van der Waals surface area contributed by atoms with Gasteiger partial charge in [0.1, 0.15) is 18.1 Å². The number of nitrogens with one attached hydrogen (secondary N) is 3. The minimum absolute atomic E-state index is 0.0502. The summed E-state index contributed by atoms with van der Waals surface area (Å²) in [5.41, 5.74) is 3.32. The summed E-state index contributed by atoms with van der Waals surface area (Å²) in [6.45, 7) is 0.423. The molecule has 10 heteroatoms. The Kier molecular flexibility index (Phi) is 12.0. The lowest BCUT2D eigenvalue weighted by atomic mass is 10.1. The molecule has 0 aromatic heterocycles. The molecule has 0 fully saturated rings. The zero-order chi connectivity index (χ0) is 34.4. The second-order valence-electron chi connectivity index (χ2n) is 10.6. The van der Waals surface area contributed by atoms with Crippen LogP contribution in [0.5, 0.6) is 5.75 Å². The lowest BCUT2D eigenvalue weighted by Gasteiger charge is -2.12. The van der Waals surface area contributed by atoms with E-state index in [1.54, 1.807) is 109 Å². The van der Waals surface area contributed by atoms with Crippen molar-refractivity contribution in [1.29, 1.82) is 0 Å². The summed E-state index contributed by atoms with van der Waals surface area (Å²) in [6, 6.07) is 39.3. The van der Waals surface area contributed by atoms with Gasteiger partial charge in [0.15, 0.2) is 0 Å². The van der Waals surface area contributed by atoms with Crippen molar-refractivity contribution in [2.45, 2.75) is 11.5 Å². The number of benzene rings is 5. The highest BCUT2D eigenvalue weighted by molar-refractivity contribution is 8.00. The fourth-order valence-corrected chi connectivity index (χ4v) is 5.26. The summed E-state index contributed by atoms with van der Waals surface area (Å²) in [5, 5.41) is 8.32. The van der Waals surface area contributed by atoms with Crippen molar-refractivity contribution >= 4 is 52.9 Å². The molecule has 9 nitrogen and oxygen atoms in total. The van der Waals surface area contributed by atoms with E-state index in [0.29, 0.717) is 34.9 Å². The first-order valence-corrected chi connectivity index (χ1v) is 16.2. The number of para-hydroxylation sites is 1. The normalized spacial score (nSPS) is 10.8. The van der Waals surface area contributed by atoms with Gasteiger partial charge in [-0.15, -0.1) is 11.8 Å². The molecular formula is C39H33N3O6S. The molecule has 0 atom stereocenters. The van der Waals surface area contributed by atoms with E-state index in [2.05, 4.69) is 16.0 Å². The molecule has 3 amide bonds. The highest BCUT2D eigenvalue weighted by atomic mass is 32.2.